The van der Waals surface area contributed by atoms with Crippen molar-refractivity contribution in [3.8, 4) is 0 Å². The Morgan fingerprint density at radius 2 is 1.94 bits per heavy atom. The van der Waals surface area contributed by atoms with E-state index in [1.165, 1.54) is 0 Å². The van der Waals surface area contributed by atoms with Gasteiger partial charge in [-0.05, 0) is 6.42 Å². The summed E-state index contributed by atoms with van der Waals surface area (Å²) in [7, 11) is 0. The van der Waals surface area contributed by atoms with Crippen LogP contribution in [0.25, 0.3) is 0 Å². The number of anilines is 1. The predicted octanol–water partition coefficient (Wildman–Crippen LogP) is 0.179. The first kappa shape index (κ1) is 11.3. The summed E-state index contributed by atoms with van der Waals surface area (Å²) in [4.78, 5) is 30.0. The molecule has 0 aliphatic carbocycles. The van der Waals surface area contributed by atoms with Gasteiger partial charge in [-0.1, -0.05) is 6.92 Å². The van der Waals surface area contributed by atoms with Crippen LogP contribution in [0.1, 0.15) is 12.6 Å². The SMILES string of the molecule is CCc1[nH]c(=O)[nH]c(=O)c1N1CCSCC1. The van der Waals surface area contributed by atoms with Crippen LogP contribution in [-0.2, 0) is 6.42 Å². The number of aromatic amines is 2. The Kier molecular flexibility index (Phi) is 3.38. The molecule has 1 saturated heterocycles. The molecule has 5 nitrogen and oxygen atoms in total. The van der Waals surface area contributed by atoms with Gasteiger partial charge in [0.25, 0.3) is 5.56 Å². The highest BCUT2D eigenvalue weighted by Gasteiger charge is 2.18. The Bertz CT molecular complexity index is 474. The van der Waals surface area contributed by atoms with E-state index < -0.39 is 5.69 Å². The molecule has 1 fully saturated rings. The molecule has 0 aromatic carbocycles. The molecular weight excluding hydrogens is 226 g/mol. The molecule has 0 saturated carbocycles. The molecule has 88 valence electrons. The molecule has 16 heavy (non-hydrogen) atoms. The molecule has 0 unspecified atom stereocenters. The summed E-state index contributed by atoms with van der Waals surface area (Å²) in [6.07, 6.45) is 0.665. The van der Waals surface area contributed by atoms with Gasteiger partial charge in [-0.25, -0.2) is 4.79 Å². The minimum atomic E-state index is -0.419. The Morgan fingerprint density at radius 3 is 2.56 bits per heavy atom. The van der Waals surface area contributed by atoms with Gasteiger partial charge in [-0.2, -0.15) is 11.8 Å². The zero-order chi connectivity index (χ0) is 11.5. The Hall–Kier alpha value is -1.17. The topological polar surface area (TPSA) is 69.0 Å². The molecule has 0 radical (unpaired) electrons. The molecular formula is C10H15N3O2S. The number of hydrogen-bond acceptors (Lipinski definition) is 4. The lowest BCUT2D eigenvalue weighted by molar-refractivity contribution is 0.813. The lowest BCUT2D eigenvalue weighted by atomic mass is 10.2. The maximum absolute atomic E-state index is 11.8. The molecule has 0 spiro atoms. The van der Waals surface area contributed by atoms with E-state index in [2.05, 4.69) is 14.9 Å². The van der Waals surface area contributed by atoms with Gasteiger partial charge in [0.1, 0.15) is 5.69 Å². The highest BCUT2D eigenvalue weighted by atomic mass is 32.2. The number of aromatic nitrogens is 2. The molecule has 1 aliphatic heterocycles. The first-order valence-electron chi connectivity index (χ1n) is 5.40. The molecule has 2 N–H and O–H groups in total. The zero-order valence-electron chi connectivity index (χ0n) is 9.21. The van der Waals surface area contributed by atoms with Crippen LogP contribution in [0.5, 0.6) is 0 Å². The van der Waals surface area contributed by atoms with E-state index in [4.69, 9.17) is 0 Å². The van der Waals surface area contributed by atoms with Gasteiger partial charge in [-0.3, -0.25) is 9.78 Å². The van der Waals surface area contributed by atoms with Crippen molar-refractivity contribution in [2.45, 2.75) is 13.3 Å². The average Bonchev–Trinajstić information content (AvgIpc) is 2.29. The standard InChI is InChI=1S/C10H15N3O2S/c1-2-7-8(9(14)12-10(15)11-7)13-3-5-16-6-4-13/h2-6H2,1H3,(H2,11,12,14,15). The fourth-order valence-corrected chi connectivity index (χ4v) is 2.81. The van der Waals surface area contributed by atoms with Crippen LogP contribution in [-0.4, -0.2) is 34.6 Å². The van der Waals surface area contributed by atoms with Crippen LogP contribution in [0.3, 0.4) is 0 Å². The first-order valence-corrected chi connectivity index (χ1v) is 6.56. The lowest BCUT2D eigenvalue weighted by Gasteiger charge is -2.28. The second-order valence-electron chi connectivity index (χ2n) is 3.69. The molecule has 2 heterocycles. The van der Waals surface area contributed by atoms with Gasteiger partial charge >= 0.3 is 5.69 Å². The van der Waals surface area contributed by atoms with E-state index in [0.717, 1.165) is 30.3 Å². The van der Waals surface area contributed by atoms with Crippen LogP contribution in [0.2, 0.25) is 0 Å². The quantitative estimate of drug-likeness (QED) is 0.775. The zero-order valence-corrected chi connectivity index (χ0v) is 10.0. The lowest BCUT2D eigenvalue weighted by Crippen LogP contribution is -2.39. The average molecular weight is 241 g/mol. The van der Waals surface area contributed by atoms with Gasteiger partial charge in [0.05, 0.1) is 0 Å². The summed E-state index contributed by atoms with van der Waals surface area (Å²) in [5.74, 6) is 2.06. The summed E-state index contributed by atoms with van der Waals surface area (Å²) in [5, 5.41) is 0. The van der Waals surface area contributed by atoms with Gasteiger partial charge in [0.15, 0.2) is 0 Å². The predicted molar refractivity (Wildman–Crippen MR) is 66.6 cm³/mol. The van der Waals surface area contributed by atoms with Crippen molar-refractivity contribution in [2.75, 3.05) is 29.5 Å². The fourth-order valence-electron chi connectivity index (χ4n) is 1.90. The summed E-state index contributed by atoms with van der Waals surface area (Å²) < 4.78 is 0. The van der Waals surface area contributed by atoms with Crippen molar-refractivity contribution < 1.29 is 0 Å². The van der Waals surface area contributed by atoms with Crippen LogP contribution < -0.4 is 16.1 Å². The third kappa shape index (κ3) is 2.16. The van der Waals surface area contributed by atoms with E-state index in [1.54, 1.807) is 0 Å². The number of thioether (sulfide) groups is 1. The molecule has 0 atom stereocenters. The van der Waals surface area contributed by atoms with Gasteiger partial charge < -0.3 is 9.88 Å². The number of nitrogens with zero attached hydrogens (tertiary/aromatic N) is 1. The van der Waals surface area contributed by atoms with E-state index in [0.29, 0.717) is 12.1 Å². The normalized spacial score (nSPS) is 16.4. The fraction of sp³-hybridized carbons (Fsp3) is 0.600. The number of rotatable bonds is 2. The van der Waals surface area contributed by atoms with Crippen molar-refractivity contribution in [3.63, 3.8) is 0 Å². The Morgan fingerprint density at radius 1 is 1.25 bits per heavy atom. The van der Waals surface area contributed by atoms with Gasteiger partial charge in [0.2, 0.25) is 0 Å². The molecule has 0 amide bonds. The molecule has 0 bridgehead atoms. The second kappa shape index (κ2) is 4.78. The van der Waals surface area contributed by atoms with E-state index in [9.17, 15) is 9.59 Å². The van der Waals surface area contributed by atoms with Crippen LogP contribution in [0.15, 0.2) is 9.59 Å². The van der Waals surface area contributed by atoms with E-state index >= 15 is 0 Å². The van der Waals surface area contributed by atoms with E-state index in [-0.39, 0.29) is 5.56 Å². The molecule has 1 aromatic heterocycles. The van der Waals surface area contributed by atoms with Gasteiger partial charge in [0, 0.05) is 30.3 Å². The monoisotopic (exact) mass is 241 g/mol. The summed E-state index contributed by atoms with van der Waals surface area (Å²) in [5.41, 5.74) is 0.688. The summed E-state index contributed by atoms with van der Waals surface area (Å²) in [6.45, 7) is 3.67. The van der Waals surface area contributed by atoms with Crippen LogP contribution >= 0.6 is 11.8 Å². The van der Waals surface area contributed by atoms with Crippen molar-refractivity contribution >= 4 is 17.4 Å². The van der Waals surface area contributed by atoms with E-state index in [1.807, 2.05) is 18.7 Å². The van der Waals surface area contributed by atoms with Crippen LogP contribution in [0, 0.1) is 0 Å². The second-order valence-corrected chi connectivity index (χ2v) is 4.91. The van der Waals surface area contributed by atoms with Gasteiger partial charge in [-0.15, -0.1) is 0 Å². The maximum Gasteiger partial charge on any atom is 0.326 e. The number of H-pyrrole nitrogens is 2. The minimum Gasteiger partial charge on any atom is -0.364 e. The number of nitrogens with one attached hydrogen (secondary N) is 2. The van der Waals surface area contributed by atoms with Crippen LogP contribution in [0.4, 0.5) is 5.69 Å². The molecule has 2 rings (SSSR count). The third-order valence-electron chi connectivity index (χ3n) is 2.67. The minimum absolute atomic E-state index is 0.271. The van der Waals surface area contributed by atoms with Crippen molar-refractivity contribution in [3.05, 3.63) is 26.5 Å². The highest BCUT2D eigenvalue weighted by molar-refractivity contribution is 7.99. The van der Waals surface area contributed by atoms with Crippen molar-refractivity contribution in [2.24, 2.45) is 0 Å². The largest absolute Gasteiger partial charge is 0.364 e. The summed E-state index contributed by atoms with van der Waals surface area (Å²) in [6, 6.07) is 0. The highest BCUT2D eigenvalue weighted by Crippen LogP contribution is 2.17. The first-order chi connectivity index (χ1) is 7.72. The Labute approximate surface area is 97.3 Å². The Balaban J connectivity index is 2.45. The molecule has 1 aliphatic rings. The van der Waals surface area contributed by atoms with Crippen molar-refractivity contribution in [1.82, 2.24) is 9.97 Å². The number of aryl methyl sites for hydroxylation is 1. The molecule has 6 heteroatoms. The third-order valence-corrected chi connectivity index (χ3v) is 3.62. The number of hydrogen-bond donors (Lipinski definition) is 2. The molecule has 1 aromatic rings. The maximum atomic E-state index is 11.8. The van der Waals surface area contributed by atoms with Crippen molar-refractivity contribution in [1.29, 1.82) is 0 Å². The smallest absolute Gasteiger partial charge is 0.326 e. The summed E-state index contributed by atoms with van der Waals surface area (Å²) >= 11 is 1.89.